The molecule has 0 bridgehead atoms. The molecule has 0 saturated heterocycles. The Labute approximate surface area is 119 Å². The van der Waals surface area contributed by atoms with Crippen molar-refractivity contribution in [2.75, 3.05) is 11.9 Å². The van der Waals surface area contributed by atoms with E-state index in [9.17, 15) is 14.7 Å². The number of primary amides is 1. The van der Waals surface area contributed by atoms with Gasteiger partial charge in [-0.2, -0.15) is 0 Å². The van der Waals surface area contributed by atoms with Gasteiger partial charge in [-0.25, -0.2) is 0 Å². The maximum atomic E-state index is 11.3. The van der Waals surface area contributed by atoms with Crippen LogP contribution in [0, 0.1) is 11.3 Å². The zero-order chi connectivity index (χ0) is 15.3. The van der Waals surface area contributed by atoms with Crippen LogP contribution < -0.4 is 11.1 Å². The molecule has 5 nitrogen and oxygen atoms in total. The monoisotopic (exact) mass is 278 g/mol. The first-order valence-corrected chi connectivity index (χ1v) is 6.56. The molecule has 0 aromatic heterocycles. The van der Waals surface area contributed by atoms with Crippen LogP contribution >= 0.6 is 0 Å². The predicted molar refractivity (Wildman–Crippen MR) is 78.6 cm³/mol. The van der Waals surface area contributed by atoms with E-state index in [4.69, 9.17) is 5.73 Å². The maximum Gasteiger partial charge on any atom is 0.308 e. The van der Waals surface area contributed by atoms with Crippen molar-refractivity contribution in [2.24, 2.45) is 17.1 Å². The third-order valence-corrected chi connectivity index (χ3v) is 2.94. The van der Waals surface area contributed by atoms with Crippen molar-refractivity contribution in [1.29, 1.82) is 0 Å². The molecule has 1 aromatic carbocycles. The molecule has 1 rings (SSSR count). The van der Waals surface area contributed by atoms with E-state index in [1.807, 2.05) is 20.8 Å². The summed E-state index contributed by atoms with van der Waals surface area (Å²) < 4.78 is 0. The highest BCUT2D eigenvalue weighted by Gasteiger charge is 2.24. The lowest BCUT2D eigenvalue weighted by atomic mass is 9.84. The van der Waals surface area contributed by atoms with Gasteiger partial charge in [0, 0.05) is 12.2 Å². The number of anilines is 1. The van der Waals surface area contributed by atoms with Crippen molar-refractivity contribution in [3.63, 3.8) is 0 Å². The second kappa shape index (κ2) is 6.41. The summed E-state index contributed by atoms with van der Waals surface area (Å²) >= 11 is 0. The van der Waals surface area contributed by atoms with Crippen LogP contribution in [0.25, 0.3) is 0 Å². The normalized spacial score (nSPS) is 12.8. The van der Waals surface area contributed by atoms with Crippen LogP contribution in [-0.4, -0.2) is 23.5 Å². The first kappa shape index (κ1) is 16.0. The lowest BCUT2D eigenvalue weighted by Crippen LogP contribution is -2.28. The van der Waals surface area contributed by atoms with E-state index in [0.29, 0.717) is 17.7 Å². The van der Waals surface area contributed by atoms with Crippen LogP contribution in [0.15, 0.2) is 24.3 Å². The van der Waals surface area contributed by atoms with E-state index < -0.39 is 17.8 Å². The zero-order valence-electron chi connectivity index (χ0n) is 12.1. The smallest absolute Gasteiger partial charge is 0.308 e. The molecule has 1 amide bonds. The van der Waals surface area contributed by atoms with Crippen molar-refractivity contribution in [3.05, 3.63) is 29.8 Å². The quantitative estimate of drug-likeness (QED) is 0.744. The SMILES string of the molecule is CC(C)(C)CC(CNc1ccccc1C(N)=O)C(=O)O. The fourth-order valence-corrected chi connectivity index (χ4v) is 2.07. The van der Waals surface area contributed by atoms with Crippen LogP contribution in [0.3, 0.4) is 0 Å². The fraction of sp³-hybridized carbons (Fsp3) is 0.467. The van der Waals surface area contributed by atoms with E-state index >= 15 is 0 Å². The molecule has 1 unspecified atom stereocenters. The van der Waals surface area contributed by atoms with Crippen molar-refractivity contribution in [3.8, 4) is 0 Å². The molecule has 4 N–H and O–H groups in total. The number of hydrogen-bond acceptors (Lipinski definition) is 3. The van der Waals surface area contributed by atoms with E-state index in [2.05, 4.69) is 5.32 Å². The summed E-state index contributed by atoms with van der Waals surface area (Å²) in [5.41, 5.74) is 6.15. The Bertz CT molecular complexity index is 492. The number of hydrogen-bond donors (Lipinski definition) is 3. The predicted octanol–water partition coefficient (Wildman–Crippen LogP) is 2.33. The Balaban J connectivity index is 2.78. The standard InChI is InChI=1S/C15H22N2O3/c1-15(2,3)8-10(14(19)20)9-17-12-7-5-4-6-11(12)13(16)18/h4-7,10,17H,8-9H2,1-3H3,(H2,16,18)(H,19,20). The first-order valence-electron chi connectivity index (χ1n) is 6.56. The molecule has 20 heavy (non-hydrogen) atoms. The van der Waals surface area contributed by atoms with Gasteiger partial charge >= 0.3 is 5.97 Å². The summed E-state index contributed by atoms with van der Waals surface area (Å²) in [5.74, 6) is -1.89. The van der Waals surface area contributed by atoms with E-state index in [1.54, 1.807) is 24.3 Å². The molecule has 0 aliphatic heterocycles. The van der Waals surface area contributed by atoms with Gasteiger partial charge in [-0.1, -0.05) is 32.9 Å². The van der Waals surface area contributed by atoms with E-state index in [-0.39, 0.29) is 12.0 Å². The number of carbonyl (C=O) groups is 2. The van der Waals surface area contributed by atoms with Crippen LogP contribution in [0.5, 0.6) is 0 Å². The van der Waals surface area contributed by atoms with Gasteiger partial charge < -0.3 is 16.2 Å². The first-order chi connectivity index (χ1) is 9.20. The largest absolute Gasteiger partial charge is 0.481 e. The molecule has 0 saturated carbocycles. The minimum atomic E-state index is -0.844. The Hall–Kier alpha value is -2.04. The minimum absolute atomic E-state index is 0.0755. The zero-order valence-corrected chi connectivity index (χ0v) is 12.1. The van der Waals surface area contributed by atoms with Gasteiger partial charge in [-0.3, -0.25) is 9.59 Å². The highest BCUT2D eigenvalue weighted by atomic mass is 16.4. The van der Waals surface area contributed by atoms with Crippen LogP contribution in [-0.2, 0) is 4.79 Å². The lowest BCUT2D eigenvalue weighted by molar-refractivity contribution is -0.142. The summed E-state index contributed by atoms with van der Waals surface area (Å²) in [4.78, 5) is 22.6. The molecule has 1 aromatic rings. The number of carbonyl (C=O) groups excluding carboxylic acids is 1. The van der Waals surface area contributed by atoms with Gasteiger partial charge in [0.05, 0.1) is 11.5 Å². The van der Waals surface area contributed by atoms with E-state index in [0.717, 1.165) is 0 Å². The number of benzene rings is 1. The number of aliphatic carboxylic acids is 1. The Kier molecular flexibility index (Phi) is 5.13. The molecule has 5 heteroatoms. The molecule has 0 spiro atoms. The molecule has 0 aliphatic rings. The van der Waals surface area contributed by atoms with Gasteiger partial charge in [0.15, 0.2) is 0 Å². The topological polar surface area (TPSA) is 92.4 Å². The Morgan fingerprint density at radius 3 is 2.40 bits per heavy atom. The number of amides is 1. The molecule has 1 atom stereocenters. The average molecular weight is 278 g/mol. The van der Waals surface area contributed by atoms with Crippen molar-refractivity contribution >= 4 is 17.6 Å². The maximum absolute atomic E-state index is 11.3. The summed E-state index contributed by atoms with van der Waals surface area (Å²) in [6, 6.07) is 6.82. The van der Waals surface area contributed by atoms with Gasteiger partial charge in [-0.05, 0) is 24.0 Å². The lowest BCUT2D eigenvalue weighted by Gasteiger charge is -2.24. The Morgan fingerprint density at radius 1 is 1.30 bits per heavy atom. The molecule has 110 valence electrons. The fourth-order valence-electron chi connectivity index (χ4n) is 2.07. The Morgan fingerprint density at radius 2 is 1.90 bits per heavy atom. The molecule has 0 aliphatic carbocycles. The third-order valence-electron chi connectivity index (χ3n) is 2.94. The number of nitrogens with two attached hydrogens (primary N) is 1. The molecular weight excluding hydrogens is 256 g/mol. The number of carboxylic acids is 1. The van der Waals surface area contributed by atoms with Gasteiger partial charge in [0.25, 0.3) is 5.91 Å². The van der Waals surface area contributed by atoms with Gasteiger partial charge in [0.1, 0.15) is 0 Å². The van der Waals surface area contributed by atoms with Crippen LogP contribution in [0.1, 0.15) is 37.6 Å². The van der Waals surface area contributed by atoms with E-state index in [1.165, 1.54) is 0 Å². The number of para-hydroxylation sites is 1. The van der Waals surface area contributed by atoms with Crippen molar-refractivity contribution in [1.82, 2.24) is 0 Å². The molecule has 0 fully saturated rings. The second-order valence-electron chi connectivity index (χ2n) is 6.09. The average Bonchev–Trinajstić information content (AvgIpc) is 2.33. The van der Waals surface area contributed by atoms with Crippen molar-refractivity contribution in [2.45, 2.75) is 27.2 Å². The molecular formula is C15H22N2O3. The third kappa shape index (κ3) is 4.91. The summed E-state index contributed by atoms with van der Waals surface area (Å²) in [6.45, 7) is 6.26. The summed E-state index contributed by atoms with van der Waals surface area (Å²) in [6.07, 6.45) is 0.550. The van der Waals surface area contributed by atoms with Gasteiger partial charge in [0.2, 0.25) is 0 Å². The number of rotatable bonds is 6. The van der Waals surface area contributed by atoms with Gasteiger partial charge in [-0.15, -0.1) is 0 Å². The highest BCUT2D eigenvalue weighted by Crippen LogP contribution is 2.25. The second-order valence-corrected chi connectivity index (χ2v) is 6.09. The highest BCUT2D eigenvalue weighted by molar-refractivity contribution is 5.98. The van der Waals surface area contributed by atoms with Crippen LogP contribution in [0.2, 0.25) is 0 Å². The van der Waals surface area contributed by atoms with Crippen LogP contribution in [0.4, 0.5) is 5.69 Å². The molecule has 0 radical (unpaired) electrons. The molecule has 0 heterocycles. The summed E-state index contributed by atoms with van der Waals surface area (Å²) in [5, 5.41) is 12.3. The van der Waals surface area contributed by atoms with Crippen molar-refractivity contribution < 1.29 is 14.7 Å². The number of nitrogens with one attached hydrogen (secondary N) is 1. The number of carboxylic acid groups (broad SMARTS) is 1. The minimum Gasteiger partial charge on any atom is -0.481 e. The summed E-state index contributed by atoms with van der Waals surface area (Å²) in [7, 11) is 0.